The number of hydrogen-bond donors (Lipinski definition) is 1. The van der Waals surface area contributed by atoms with Crippen molar-refractivity contribution in [2.45, 2.75) is 32.1 Å². The molecule has 1 amide bonds. The number of rotatable bonds is 4. The number of carbonyl (C=O) groups is 1. The molecule has 1 saturated carbocycles. The van der Waals surface area contributed by atoms with Crippen LogP contribution in [-0.4, -0.2) is 38.7 Å². The number of piperidine rings is 1. The summed E-state index contributed by atoms with van der Waals surface area (Å²) in [6.07, 6.45) is 4.90. The summed E-state index contributed by atoms with van der Waals surface area (Å²) in [7, 11) is 0. The second-order valence-electron chi connectivity index (χ2n) is 6.48. The summed E-state index contributed by atoms with van der Waals surface area (Å²) in [4.78, 5) is 26.1. The van der Waals surface area contributed by atoms with Crippen molar-refractivity contribution in [1.82, 2.24) is 19.7 Å². The van der Waals surface area contributed by atoms with E-state index in [4.69, 9.17) is 0 Å². The van der Waals surface area contributed by atoms with Crippen molar-refractivity contribution in [2.75, 3.05) is 13.1 Å². The predicted octanol–water partition coefficient (Wildman–Crippen LogP) is 1.81. The third-order valence-corrected chi connectivity index (χ3v) is 5.65. The Balaban J connectivity index is 1.42. The minimum Gasteiger partial charge on any atom is -0.342 e. The molecule has 1 saturated heterocycles. The zero-order valence-electron chi connectivity index (χ0n) is 12.9. The van der Waals surface area contributed by atoms with E-state index in [9.17, 15) is 9.59 Å². The molecule has 0 aromatic carbocycles. The summed E-state index contributed by atoms with van der Waals surface area (Å²) in [5, 5.41) is 9.64. The Morgan fingerprint density at radius 1 is 1.30 bits per heavy atom. The number of hydrogen-bond acceptors (Lipinski definition) is 4. The van der Waals surface area contributed by atoms with Crippen LogP contribution in [0.25, 0.3) is 5.00 Å². The zero-order chi connectivity index (χ0) is 15.8. The van der Waals surface area contributed by atoms with Crippen LogP contribution in [0.5, 0.6) is 0 Å². The average Bonchev–Trinajstić information content (AvgIpc) is 3.17. The molecule has 1 aliphatic heterocycles. The summed E-state index contributed by atoms with van der Waals surface area (Å²) < 4.78 is 1.67. The van der Waals surface area contributed by atoms with E-state index in [1.807, 2.05) is 22.4 Å². The van der Waals surface area contributed by atoms with Crippen molar-refractivity contribution in [3.05, 3.63) is 33.8 Å². The van der Waals surface area contributed by atoms with Crippen molar-refractivity contribution < 1.29 is 4.79 Å². The number of amides is 1. The first-order valence-electron chi connectivity index (χ1n) is 8.21. The van der Waals surface area contributed by atoms with Gasteiger partial charge >= 0.3 is 5.69 Å². The Bertz CT molecular complexity index is 736. The lowest BCUT2D eigenvalue weighted by atomic mass is 9.93. The lowest BCUT2D eigenvalue weighted by Crippen LogP contribution is -2.39. The predicted molar refractivity (Wildman–Crippen MR) is 87.8 cm³/mol. The van der Waals surface area contributed by atoms with Crippen LogP contribution in [0.15, 0.2) is 22.3 Å². The fraction of sp³-hybridized carbons (Fsp3) is 0.562. The third kappa shape index (κ3) is 2.97. The minimum absolute atomic E-state index is 0.177. The highest BCUT2D eigenvalue weighted by molar-refractivity contribution is 7.12. The second-order valence-corrected chi connectivity index (χ2v) is 7.40. The third-order valence-electron chi connectivity index (χ3n) is 4.79. The molecular formula is C16H20N4O2S. The van der Waals surface area contributed by atoms with Gasteiger partial charge in [0.25, 0.3) is 0 Å². The average molecular weight is 332 g/mol. The molecule has 2 aliphatic rings. The Morgan fingerprint density at radius 3 is 2.74 bits per heavy atom. The molecule has 2 aromatic rings. The summed E-state index contributed by atoms with van der Waals surface area (Å²) in [5.74, 6) is 1.93. The molecule has 0 spiro atoms. The van der Waals surface area contributed by atoms with Gasteiger partial charge in [0.2, 0.25) is 5.91 Å². The van der Waals surface area contributed by atoms with E-state index < -0.39 is 0 Å². The van der Waals surface area contributed by atoms with E-state index in [1.165, 1.54) is 11.3 Å². The molecular weight excluding hydrogens is 312 g/mol. The number of nitrogens with zero attached hydrogens (tertiary/aromatic N) is 3. The van der Waals surface area contributed by atoms with Crippen LogP contribution in [0.2, 0.25) is 0 Å². The molecule has 0 unspecified atom stereocenters. The van der Waals surface area contributed by atoms with E-state index in [1.54, 1.807) is 4.57 Å². The molecule has 1 N–H and O–H groups in total. The van der Waals surface area contributed by atoms with E-state index >= 15 is 0 Å². The number of thiophene rings is 1. The Hall–Kier alpha value is -1.89. The van der Waals surface area contributed by atoms with Gasteiger partial charge in [0.05, 0.1) is 0 Å². The number of nitrogens with one attached hydrogen (secondary N) is 1. The van der Waals surface area contributed by atoms with Crippen molar-refractivity contribution in [3.8, 4) is 5.00 Å². The normalized spacial score (nSPS) is 19.2. The molecule has 0 atom stereocenters. The largest absolute Gasteiger partial charge is 0.348 e. The number of aromatic nitrogens is 3. The first-order valence-corrected chi connectivity index (χ1v) is 9.09. The molecule has 4 rings (SSSR count). The quantitative estimate of drug-likeness (QED) is 0.928. The lowest BCUT2D eigenvalue weighted by Gasteiger charge is -2.32. The smallest absolute Gasteiger partial charge is 0.342 e. The Morgan fingerprint density at radius 2 is 2.09 bits per heavy atom. The van der Waals surface area contributed by atoms with Gasteiger partial charge in [-0.15, -0.1) is 11.3 Å². The topological polar surface area (TPSA) is 71.0 Å². The second kappa shape index (κ2) is 5.96. The standard InChI is InChI=1S/C16H20N4O2S/c21-15(12-3-4-12)19-7-5-11(6-8-19)10-13-17-18-16(22)20(13)14-2-1-9-23-14/h1-2,9,11-12H,3-8,10H2,(H,18,22). The Kier molecular flexibility index (Phi) is 3.80. The fourth-order valence-corrected chi connectivity index (χ4v) is 4.04. The molecule has 2 fully saturated rings. The molecule has 0 bridgehead atoms. The maximum Gasteiger partial charge on any atom is 0.348 e. The summed E-state index contributed by atoms with van der Waals surface area (Å²) >= 11 is 1.54. The maximum atomic E-state index is 12.1. The van der Waals surface area contributed by atoms with Gasteiger partial charge < -0.3 is 4.90 Å². The van der Waals surface area contributed by atoms with E-state index in [2.05, 4.69) is 10.2 Å². The summed E-state index contributed by atoms with van der Waals surface area (Å²) in [6.45, 7) is 1.68. The molecule has 2 aromatic heterocycles. The van der Waals surface area contributed by atoms with Gasteiger partial charge in [-0.1, -0.05) is 0 Å². The van der Waals surface area contributed by atoms with Crippen LogP contribution in [0.4, 0.5) is 0 Å². The van der Waals surface area contributed by atoms with Gasteiger partial charge in [-0.3, -0.25) is 4.79 Å². The maximum absolute atomic E-state index is 12.1. The van der Waals surface area contributed by atoms with Gasteiger partial charge in [-0.2, -0.15) is 5.10 Å². The number of H-pyrrole nitrogens is 1. The van der Waals surface area contributed by atoms with Crippen molar-refractivity contribution >= 4 is 17.2 Å². The van der Waals surface area contributed by atoms with Gasteiger partial charge in [-0.25, -0.2) is 14.5 Å². The van der Waals surface area contributed by atoms with Crippen LogP contribution < -0.4 is 5.69 Å². The van der Waals surface area contributed by atoms with E-state index in [0.717, 1.165) is 56.0 Å². The van der Waals surface area contributed by atoms with Crippen molar-refractivity contribution in [1.29, 1.82) is 0 Å². The van der Waals surface area contributed by atoms with Gasteiger partial charge in [0.15, 0.2) is 0 Å². The fourth-order valence-electron chi connectivity index (χ4n) is 3.30. The van der Waals surface area contributed by atoms with Crippen LogP contribution in [0.3, 0.4) is 0 Å². The number of likely N-dealkylation sites (tertiary alicyclic amines) is 1. The first kappa shape index (κ1) is 14.7. The highest BCUT2D eigenvalue weighted by Gasteiger charge is 2.35. The molecule has 3 heterocycles. The molecule has 6 nitrogen and oxygen atoms in total. The molecule has 0 radical (unpaired) electrons. The van der Waals surface area contributed by atoms with Crippen LogP contribution >= 0.6 is 11.3 Å². The van der Waals surface area contributed by atoms with E-state index in [-0.39, 0.29) is 5.69 Å². The van der Waals surface area contributed by atoms with Crippen LogP contribution in [0, 0.1) is 11.8 Å². The highest BCUT2D eigenvalue weighted by Crippen LogP contribution is 2.32. The molecule has 1 aliphatic carbocycles. The summed E-state index contributed by atoms with van der Waals surface area (Å²) in [5.41, 5.74) is -0.177. The highest BCUT2D eigenvalue weighted by atomic mass is 32.1. The number of aromatic amines is 1. The van der Waals surface area contributed by atoms with E-state index in [0.29, 0.717) is 17.7 Å². The van der Waals surface area contributed by atoms with Gasteiger partial charge in [0.1, 0.15) is 10.8 Å². The molecule has 23 heavy (non-hydrogen) atoms. The van der Waals surface area contributed by atoms with Crippen molar-refractivity contribution in [3.63, 3.8) is 0 Å². The minimum atomic E-state index is -0.177. The SMILES string of the molecule is O=C(C1CC1)N1CCC(Cc2n[nH]c(=O)n2-c2cccs2)CC1. The molecule has 122 valence electrons. The summed E-state index contributed by atoms with van der Waals surface area (Å²) in [6, 6.07) is 3.87. The van der Waals surface area contributed by atoms with Crippen LogP contribution in [-0.2, 0) is 11.2 Å². The number of carbonyl (C=O) groups excluding carboxylic acids is 1. The van der Waals surface area contributed by atoms with Gasteiger partial charge in [-0.05, 0) is 49.1 Å². The van der Waals surface area contributed by atoms with Crippen molar-refractivity contribution in [2.24, 2.45) is 11.8 Å². The monoisotopic (exact) mass is 332 g/mol. The Labute approximate surface area is 138 Å². The van der Waals surface area contributed by atoms with Crippen LogP contribution in [0.1, 0.15) is 31.5 Å². The lowest BCUT2D eigenvalue weighted by molar-refractivity contribution is -0.133. The first-order chi connectivity index (χ1) is 11.2. The van der Waals surface area contributed by atoms with Gasteiger partial charge in [0, 0.05) is 25.4 Å². The zero-order valence-corrected chi connectivity index (χ0v) is 13.7. The molecule has 7 heteroatoms.